The molecule has 2 aromatic rings. The third-order valence-electron chi connectivity index (χ3n) is 4.05. The minimum atomic E-state index is -3.91. The summed E-state index contributed by atoms with van der Waals surface area (Å²) in [6.07, 6.45) is -0.437. The lowest BCUT2D eigenvalue weighted by atomic mass is 10.1. The van der Waals surface area contributed by atoms with Crippen LogP contribution in [0.25, 0.3) is 0 Å². The zero-order chi connectivity index (χ0) is 17.6. The Bertz CT molecular complexity index is 930. The van der Waals surface area contributed by atoms with Crippen LogP contribution in [-0.4, -0.2) is 20.5 Å². The summed E-state index contributed by atoms with van der Waals surface area (Å²) in [6, 6.07) is 11.5. The molecule has 3 rings (SSSR count). The van der Waals surface area contributed by atoms with Crippen molar-refractivity contribution in [1.82, 2.24) is 0 Å². The predicted octanol–water partition coefficient (Wildman–Crippen LogP) is 2.61. The van der Waals surface area contributed by atoms with Gasteiger partial charge in [-0.2, -0.15) is 0 Å². The Labute approximate surface area is 145 Å². The highest BCUT2D eigenvalue weighted by molar-refractivity contribution is 7.89. The number of carbonyl (C=O) groups is 1. The number of nitrogens with zero attached hydrogens (tertiary/aromatic N) is 2. The van der Waals surface area contributed by atoms with E-state index in [1.54, 1.807) is 6.92 Å². The molecule has 0 saturated heterocycles. The summed E-state index contributed by atoms with van der Waals surface area (Å²) in [5.74, 6) is -0.325. The average Bonchev–Trinajstić information content (AvgIpc) is 2.53. The first kappa shape index (κ1) is 16.8. The molecule has 1 aliphatic rings. The number of para-hydroxylation sites is 1. The minimum absolute atomic E-state index is 0.126. The first-order chi connectivity index (χ1) is 11.2. The van der Waals surface area contributed by atoms with Gasteiger partial charge in [0.1, 0.15) is 6.17 Å². The van der Waals surface area contributed by atoms with Gasteiger partial charge in [0.05, 0.1) is 16.1 Å². The van der Waals surface area contributed by atoms with Crippen molar-refractivity contribution in [3.05, 3.63) is 53.6 Å². The van der Waals surface area contributed by atoms with E-state index in [1.807, 2.05) is 31.2 Å². The molecule has 0 fully saturated rings. The normalized spacial score (nSPS) is 17.8. The number of aryl methyl sites for hydroxylation is 1. The van der Waals surface area contributed by atoms with E-state index >= 15 is 0 Å². The van der Waals surface area contributed by atoms with E-state index < -0.39 is 16.2 Å². The number of anilines is 2. The fourth-order valence-corrected chi connectivity index (χ4v) is 3.57. The molecule has 2 aromatic carbocycles. The molecule has 1 aliphatic heterocycles. The highest BCUT2D eigenvalue weighted by atomic mass is 35.5. The Kier molecular flexibility index (Phi) is 4.03. The van der Waals surface area contributed by atoms with Crippen LogP contribution in [0, 0.1) is 6.92 Å². The van der Waals surface area contributed by atoms with Crippen molar-refractivity contribution < 1.29 is 13.2 Å². The van der Waals surface area contributed by atoms with Crippen molar-refractivity contribution in [2.75, 3.05) is 9.32 Å². The molecule has 0 bridgehead atoms. The predicted molar refractivity (Wildman–Crippen MR) is 93.6 cm³/mol. The first-order valence-corrected chi connectivity index (χ1v) is 9.11. The number of primary sulfonamides is 1. The number of amides is 1. The molecule has 2 N–H and O–H groups in total. The molecule has 0 spiro atoms. The van der Waals surface area contributed by atoms with Crippen LogP contribution < -0.4 is 14.5 Å². The Morgan fingerprint density at radius 2 is 1.79 bits per heavy atom. The lowest BCUT2D eigenvalue weighted by Gasteiger charge is -2.40. The van der Waals surface area contributed by atoms with Crippen LogP contribution in [0.3, 0.4) is 0 Å². The topological polar surface area (TPSA) is 83.7 Å². The van der Waals surface area contributed by atoms with E-state index in [4.69, 9.17) is 16.9 Å². The minimum Gasteiger partial charge on any atom is -0.286 e. The number of sulfonamides is 1. The number of rotatable bonds is 2. The molecular formula is C16H16ClN3O3S. The molecule has 6 nitrogen and oxygen atoms in total. The maximum atomic E-state index is 13.0. The average molecular weight is 366 g/mol. The van der Waals surface area contributed by atoms with E-state index in [0.29, 0.717) is 11.4 Å². The SMILES string of the molecule is Cc1ccccc1N1C(=O)c2cc(S(N)(=O)=O)ccc2N(Cl)C1C. The van der Waals surface area contributed by atoms with Gasteiger partial charge < -0.3 is 0 Å². The quantitative estimate of drug-likeness (QED) is 0.829. The van der Waals surface area contributed by atoms with Gasteiger partial charge in [0, 0.05) is 17.5 Å². The van der Waals surface area contributed by atoms with Crippen LogP contribution in [0.5, 0.6) is 0 Å². The van der Waals surface area contributed by atoms with Crippen LogP contribution in [0.2, 0.25) is 0 Å². The van der Waals surface area contributed by atoms with Crippen LogP contribution in [0.15, 0.2) is 47.4 Å². The maximum Gasteiger partial charge on any atom is 0.262 e. The van der Waals surface area contributed by atoms with Gasteiger partial charge in [0.25, 0.3) is 5.91 Å². The molecule has 1 amide bonds. The van der Waals surface area contributed by atoms with E-state index in [-0.39, 0.29) is 16.4 Å². The second-order valence-corrected chi connectivity index (χ2v) is 7.55. The van der Waals surface area contributed by atoms with Gasteiger partial charge in [-0.15, -0.1) is 0 Å². The maximum absolute atomic E-state index is 13.0. The summed E-state index contributed by atoms with van der Waals surface area (Å²) in [5, 5.41) is 5.17. The van der Waals surface area contributed by atoms with E-state index in [9.17, 15) is 13.2 Å². The molecule has 0 aromatic heterocycles. The molecule has 126 valence electrons. The molecule has 1 unspecified atom stereocenters. The number of carbonyl (C=O) groups excluding carboxylic acids is 1. The summed E-state index contributed by atoms with van der Waals surface area (Å²) >= 11 is 6.39. The monoisotopic (exact) mass is 365 g/mol. The second-order valence-electron chi connectivity index (χ2n) is 5.63. The van der Waals surface area contributed by atoms with E-state index in [2.05, 4.69) is 0 Å². The standard InChI is InChI=1S/C16H16ClN3O3S/c1-10-5-3-4-6-14(10)19-11(2)20(17)15-8-7-12(24(18,22)23)9-13(15)16(19)21/h3-9,11H,1-2H3,(H2,18,22,23). The van der Waals surface area contributed by atoms with E-state index in [1.165, 1.54) is 27.5 Å². The molecule has 8 heteroatoms. The molecule has 0 aliphatic carbocycles. The van der Waals surface area contributed by atoms with Gasteiger partial charge in [-0.1, -0.05) is 18.2 Å². The Hall–Kier alpha value is -2.09. The largest absolute Gasteiger partial charge is 0.286 e. The molecular weight excluding hydrogens is 350 g/mol. The molecule has 1 atom stereocenters. The Morgan fingerprint density at radius 3 is 2.42 bits per heavy atom. The number of benzene rings is 2. The van der Waals surface area contributed by atoms with Crippen molar-refractivity contribution in [2.24, 2.45) is 5.14 Å². The van der Waals surface area contributed by atoms with Gasteiger partial charge in [0.15, 0.2) is 0 Å². The van der Waals surface area contributed by atoms with Crippen LogP contribution in [0.4, 0.5) is 11.4 Å². The van der Waals surface area contributed by atoms with Crippen LogP contribution in [0.1, 0.15) is 22.8 Å². The lowest BCUT2D eigenvalue weighted by molar-refractivity contribution is 0.0974. The first-order valence-electron chi connectivity index (χ1n) is 7.23. The number of halogens is 1. The lowest BCUT2D eigenvalue weighted by Crippen LogP contribution is -2.51. The van der Waals surface area contributed by atoms with Crippen molar-refractivity contribution in [3.8, 4) is 0 Å². The smallest absolute Gasteiger partial charge is 0.262 e. The van der Waals surface area contributed by atoms with Gasteiger partial charge >= 0.3 is 0 Å². The fourth-order valence-electron chi connectivity index (χ4n) is 2.80. The van der Waals surface area contributed by atoms with Gasteiger partial charge in [0.2, 0.25) is 10.0 Å². The van der Waals surface area contributed by atoms with Crippen LogP contribution >= 0.6 is 11.8 Å². The summed E-state index contributed by atoms with van der Waals surface area (Å²) < 4.78 is 24.6. The van der Waals surface area contributed by atoms with Gasteiger partial charge in [-0.25, -0.2) is 13.6 Å². The highest BCUT2D eigenvalue weighted by Gasteiger charge is 2.36. The third kappa shape index (κ3) is 2.64. The zero-order valence-corrected chi connectivity index (χ0v) is 14.7. The number of nitrogens with two attached hydrogens (primary N) is 1. The second kappa shape index (κ2) is 5.77. The molecule has 0 saturated carbocycles. The summed E-state index contributed by atoms with van der Waals surface area (Å²) in [6.45, 7) is 3.69. The zero-order valence-electron chi connectivity index (χ0n) is 13.1. The molecule has 0 radical (unpaired) electrons. The summed E-state index contributed by atoms with van der Waals surface area (Å²) in [4.78, 5) is 14.4. The van der Waals surface area contributed by atoms with Crippen molar-refractivity contribution in [3.63, 3.8) is 0 Å². The molecule has 24 heavy (non-hydrogen) atoms. The van der Waals surface area contributed by atoms with E-state index in [0.717, 1.165) is 5.56 Å². The number of hydrogen-bond acceptors (Lipinski definition) is 4. The van der Waals surface area contributed by atoms with Gasteiger partial charge in [-0.05, 0) is 43.7 Å². The molecule has 1 heterocycles. The van der Waals surface area contributed by atoms with Crippen molar-refractivity contribution in [1.29, 1.82) is 0 Å². The Balaban J connectivity index is 2.19. The highest BCUT2D eigenvalue weighted by Crippen LogP contribution is 2.37. The fraction of sp³-hybridized carbons (Fsp3) is 0.188. The number of hydrogen-bond donors (Lipinski definition) is 1. The number of fused-ring (bicyclic) bond motifs is 1. The van der Waals surface area contributed by atoms with Crippen molar-refractivity contribution >= 4 is 39.1 Å². The Morgan fingerprint density at radius 1 is 1.12 bits per heavy atom. The van der Waals surface area contributed by atoms with Crippen molar-refractivity contribution in [2.45, 2.75) is 24.9 Å². The third-order valence-corrected chi connectivity index (χ3v) is 5.43. The summed E-state index contributed by atoms with van der Waals surface area (Å²) in [7, 11) is -3.91. The summed E-state index contributed by atoms with van der Waals surface area (Å²) in [5.41, 5.74) is 2.27. The van der Waals surface area contributed by atoms with Gasteiger partial charge in [-0.3, -0.25) is 14.1 Å². The van der Waals surface area contributed by atoms with Crippen LogP contribution in [-0.2, 0) is 10.0 Å².